The van der Waals surface area contributed by atoms with Crippen molar-refractivity contribution < 1.29 is 14.6 Å². The van der Waals surface area contributed by atoms with Gasteiger partial charge in [0.05, 0.1) is 0 Å². The molecule has 0 amide bonds. The van der Waals surface area contributed by atoms with Crippen molar-refractivity contribution in [3.8, 4) is 5.75 Å². The van der Waals surface area contributed by atoms with Crippen LogP contribution in [0.15, 0.2) is 24.3 Å². The van der Waals surface area contributed by atoms with Crippen LogP contribution in [-0.2, 0) is 4.79 Å². The normalized spacial score (nSPS) is 11.2. The van der Waals surface area contributed by atoms with Crippen LogP contribution in [0, 0.1) is 6.92 Å². The molecule has 0 aliphatic heterocycles. The largest absolute Gasteiger partial charge is 0.488 e. The molecule has 0 saturated carbocycles. The lowest BCUT2D eigenvalue weighted by atomic mass is 10.0. The third-order valence-corrected chi connectivity index (χ3v) is 2.65. The van der Waals surface area contributed by atoms with Gasteiger partial charge in [0.2, 0.25) is 0 Å². The lowest BCUT2D eigenvalue weighted by molar-refractivity contribution is -0.137. The number of para-hydroxylation sites is 1. The lowest BCUT2D eigenvalue weighted by Gasteiger charge is -2.27. The second-order valence-corrected chi connectivity index (χ2v) is 4.87. The highest BCUT2D eigenvalue weighted by atomic mass is 16.5. The summed E-state index contributed by atoms with van der Waals surface area (Å²) in [6, 6.07) is 7.85. The molecule has 0 saturated heterocycles. The zero-order valence-corrected chi connectivity index (χ0v) is 10.7. The highest BCUT2D eigenvalue weighted by Gasteiger charge is 2.20. The number of rotatable bonds is 6. The molecule has 0 atom stereocenters. The maximum Gasteiger partial charge on any atom is 0.303 e. The molecule has 0 aromatic heterocycles. The minimum atomic E-state index is -0.753. The van der Waals surface area contributed by atoms with Crippen LogP contribution >= 0.6 is 0 Å². The summed E-state index contributed by atoms with van der Waals surface area (Å²) in [4.78, 5) is 10.5. The molecule has 0 unspecified atom stereocenters. The fraction of sp³-hybridized carbons (Fsp3) is 0.500. The predicted octanol–water partition coefficient (Wildman–Crippen LogP) is 3.41. The smallest absolute Gasteiger partial charge is 0.303 e. The third-order valence-electron chi connectivity index (χ3n) is 2.65. The Kier molecular flexibility index (Phi) is 4.55. The number of hydrogen-bond donors (Lipinski definition) is 1. The summed E-state index contributed by atoms with van der Waals surface area (Å²) in [5.74, 6) is 0.115. The number of ether oxygens (including phenoxy) is 1. The van der Waals surface area contributed by atoms with E-state index in [1.54, 1.807) is 0 Å². The fourth-order valence-electron chi connectivity index (χ4n) is 1.68. The first kappa shape index (κ1) is 13.6. The fourth-order valence-corrected chi connectivity index (χ4v) is 1.68. The SMILES string of the molecule is Cc1ccccc1OC(C)(C)CCCC(=O)O. The van der Waals surface area contributed by atoms with E-state index >= 15 is 0 Å². The van der Waals surface area contributed by atoms with E-state index in [1.807, 2.05) is 45.0 Å². The minimum Gasteiger partial charge on any atom is -0.488 e. The highest BCUT2D eigenvalue weighted by molar-refractivity contribution is 5.66. The Morgan fingerprint density at radius 2 is 2.00 bits per heavy atom. The Balaban J connectivity index is 2.54. The second-order valence-electron chi connectivity index (χ2n) is 4.87. The van der Waals surface area contributed by atoms with Crippen LogP contribution < -0.4 is 4.74 Å². The van der Waals surface area contributed by atoms with E-state index in [2.05, 4.69) is 0 Å². The number of benzene rings is 1. The predicted molar refractivity (Wildman–Crippen MR) is 67.4 cm³/mol. The molecule has 0 bridgehead atoms. The number of carboxylic acids is 1. The van der Waals surface area contributed by atoms with Crippen LogP contribution in [0.3, 0.4) is 0 Å². The zero-order valence-electron chi connectivity index (χ0n) is 10.7. The van der Waals surface area contributed by atoms with Crippen molar-refractivity contribution in [1.29, 1.82) is 0 Å². The van der Waals surface area contributed by atoms with E-state index in [9.17, 15) is 4.79 Å². The van der Waals surface area contributed by atoms with Crippen molar-refractivity contribution >= 4 is 5.97 Å². The van der Waals surface area contributed by atoms with Gasteiger partial charge in [-0.3, -0.25) is 4.79 Å². The topological polar surface area (TPSA) is 46.5 Å². The number of aliphatic carboxylic acids is 1. The molecule has 0 radical (unpaired) electrons. The van der Waals surface area contributed by atoms with Gasteiger partial charge in [-0.25, -0.2) is 0 Å². The van der Waals surface area contributed by atoms with Gasteiger partial charge in [-0.05, 0) is 45.2 Å². The van der Waals surface area contributed by atoms with E-state index in [0.29, 0.717) is 6.42 Å². The van der Waals surface area contributed by atoms with Gasteiger partial charge in [-0.15, -0.1) is 0 Å². The highest BCUT2D eigenvalue weighted by Crippen LogP contribution is 2.25. The molecule has 94 valence electrons. The molecule has 0 aliphatic carbocycles. The van der Waals surface area contributed by atoms with Gasteiger partial charge in [0.15, 0.2) is 0 Å². The van der Waals surface area contributed by atoms with Crippen molar-refractivity contribution in [2.24, 2.45) is 0 Å². The monoisotopic (exact) mass is 236 g/mol. The van der Waals surface area contributed by atoms with Crippen LogP contribution in [0.4, 0.5) is 0 Å². The second kappa shape index (κ2) is 5.71. The number of hydrogen-bond acceptors (Lipinski definition) is 2. The van der Waals surface area contributed by atoms with Crippen molar-refractivity contribution in [2.45, 2.75) is 45.6 Å². The summed E-state index contributed by atoms with van der Waals surface area (Å²) in [7, 11) is 0. The van der Waals surface area contributed by atoms with Gasteiger partial charge < -0.3 is 9.84 Å². The summed E-state index contributed by atoms with van der Waals surface area (Å²) in [6.45, 7) is 5.98. The third kappa shape index (κ3) is 4.89. The maximum atomic E-state index is 10.5. The van der Waals surface area contributed by atoms with Gasteiger partial charge in [-0.1, -0.05) is 18.2 Å². The molecule has 0 fully saturated rings. The summed E-state index contributed by atoms with van der Waals surface area (Å²) in [5.41, 5.74) is 0.764. The lowest BCUT2D eigenvalue weighted by Crippen LogP contribution is -2.28. The summed E-state index contributed by atoms with van der Waals surface area (Å²) in [5, 5.41) is 8.60. The molecular formula is C14H20O3. The first-order valence-corrected chi connectivity index (χ1v) is 5.87. The van der Waals surface area contributed by atoms with E-state index in [-0.39, 0.29) is 12.0 Å². The Labute approximate surface area is 102 Å². The van der Waals surface area contributed by atoms with Crippen LogP contribution in [0.2, 0.25) is 0 Å². The minimum absolute atomic E-state index is 0.195. The van der Waals surface area contributed by atoms with Crippen molar-refractivity contribution in [3.05, 3.63) is 29.8 Å². The molecule has 3 heteroatoms. The van der Waals surface area contributed by atoms with Crippen LogP contribution in [-0.4, -0.2) is 16.7 Å². The van der Waals surface area contributed by atoms with Crippen molar-refractivity contribution in [1.82, 2.24) is 0 Å². The molecular weight excluding hydrogens is 216 g/mol. The molecule has 17 heavy (non-hydrogen) atoms. The van der Waals surface area contributed by atoms with Crippen LogP contribution in [0.1, 0.15) is 38.7 Å². The van der Waals surface area contributed by atoms with Crippen LogP contribution in [0.25, 0.3) is 0 Å². The van der Waals surface area contributed by atoms with Gasteiger partial charge in [-0.2, -0.15) is 0 Å². The zero-order chi connectivity index (χ0) is 12.9. The standard InChI is InChI=1S/C14H20O3/c1-11-7-4-5-8-12(11)17-14(2,3)10-6-9-13(15)16/h4-5,7-8H,6,9-10H2,1-3H3,(H,15,16). The number of aryl methyl sites for hydroxylation is 1. The van der Waals surface area contributed by atoms with E-state index in [0.717, 1.165) is 17.7 Å². The Morgan fingerprint density at radius 1 is 1.35 bits per heavy atom. The first-order valence-electron chi connectivity index (χ1n) is 5.87. The Morgan fingerprint density at radius 3 is 2.59 bits per heavy atom. The van der Waals surface area contributed by atoms with Gasteiger partial charge in [0, 0.05) is 6.42 Å². The Bertz CT molecular complexity index is 383. The molecule has 0 aliphatic rings. The quantitative estimate of drug-likeness (QED) is 0.823. The summed E-state index contributed by atoms with van der Waals surface area (Å²) >= 11 is 0. The van der Waals surface area contributed by atoms with E-state index < -0.39 is 5.97 Å². The van der Waals surface area contributed by atoms with E-state index in [1.165, 1.54) is 0 Å². The molecule has 1 N–H and O–H groups in total. The van der Waals surface area contributed by atoms with Crippen LogP contribution in [0.5, 0.6) is 5.75 Å². The number of carbonyl (C=O) groups is 1. The van der Waals surface area contributed by atoms with Crippen molar-refractivity contribution in [2.75, 3.05) is 0 Å². The first-order chi connectivity index (χ1) is 7.91. The van der Waals surface area contributed by atoms with Gasteiger partial charge >= 0.3 is 5.97 Å². The molecule has 1 rings (SSSR count). The van der Waals surface area contributed by atoms with Gasteiger partial charge in [0.25, 0.3) is 0 Å². The van der Waals surface area contributed by atoms with Crippen molar-refractivity contribution in [3.63, 3.8) is 0 Å². The molecule has 0 heterocycles. The number of carboxylic acid groups (broad SMARTS) is 1. The van der Waals surface area contributed by atoms with Gasteiger partial charge in [0.1, 0.15) is 11.4 Å². The molecule has 0 spiro atoms. The summed E-state index contributed by atoms with van der Waals surface area (Å²) < 4.78 is 5.92. The Hall–Kier alpha value is -1.51. The van der Waals surface area contributed by atoms with E-state index in [4.69, 9.17) is 9.84 Å². The summed E-state index contributed by atoms with van der Waals surface area (Å²) in [6.07, 6.45) is 1.56. The average molecular weight is 236 g/mol. The molecule has 1 aromatic carbocycles. The average Bonchev–Trinajstić information content (AvgIpc) is 2.20. The maximum absolute atomic E-state index is 10.5. The molecule has 1 aromatic rings. The molecule has 3 nitrogen and oxygen atoms in total.